The summed E-state index contributed by atoms with van der Waals surface area (Å²) in [5, 5.41) is 7.17. The largest absolute Gasteiger partial charge is 0.459 e. The number of rotatable bonds is 5. The molecule has 1 aliphatic heterocycles. The lowest BCUT2D eigenvalue weighted by molar-refractivity contribution is -0.132. The van der Waals surface area contributed by atoms with Crippen LogP contribution >= 0.6 is 0 Å². The molecule has 7 heteroatoms. The average Bonchev–Trinajstić information content (AvgIpc) is 3.40. The normalized spacial score (nSPS) is 18.9. The second-order valence-corrected chi connectivity index (χ2v) is 7.03. The van der Waals surface area contributed by atoms with Crippen LogP contribution in [0.5, 0.6) is 0 Å². The molecule has 0 spiro atoms. The summed E-state index contributed by atoms with van der Waals surface area (Å²) < 4.78 is 5.11. The number of hydrogen-bond donors (Lipinski definition) is 2. The van der Waals surface area contributed by atoms with E-state index in [9.17, 15) is 9.59 Å². The number of aromatic nitrogens is 1. The molecular weight excluding hydrogens is 356 g/mol. The Morgan fingerprint density at radius 3 is 2.93 bits per heavy atom. The number of pyridine rings is 1. The lowest BCUT2D eigenvalue weighted by atomic mass is 10.1. The number of likely N-dealkylation sites (N-methyl/N-ethyl adjacent to an activating group) is 1. The first-order valence-electron chi connectivity index (χ1n) is 9.27. The summed E-state index contributed by atoms with van der Waals surface area (Å²) in [6.07, 6.45) is 3.77. The predicted molar refractivity (Wildman–Crippen MR) is 105 cm³/mol. The first kappa shape index (κ1) is 18.2. The van der Waals surface area contributed by atoms with Gasteiger partial charge in [-0.1, -0.05) is 24.3 Å². The van der Waals surface area contributed by atoms with Gasteiger partial charge in [0.25, 0.3) is 5.91 Å². The van der Waals surface area contributed by atoms with Crippen molar-refractivity contribution in [1.29, 1.82) is 0 Å². The van der Waals surface area contributed by atoms with E-state index in [1.807, 2.05) is 30.3 Å². The van der Waals surface area contributed by atoms with Crippen molar-refractivity contribution >= 4 is 22.7 Å². The molecule has 2 amide bonds. The molecule has 0 radical (unpaired) electrons. The number of carbonyl (C=O) groups excluding carboxylic acids is 2. The highest BCUT2D eigenvalue weighted by Crippen LogP contribution is 2.18. The topological polar surface area (TPSA) is 87.5 Å². The van der Waals surface area contributed by atoms with Crippen molar-refractivity contribution < 1.29 is 14.0 Å². The Bertz CT molecular complexity index is 981. The maximum absolute atomic E-state index is 12.9. The third kappa shape index (κ3) is 3.75. The molecule has 0 unspecified atom stereocenters. The molecule has 144 valence electrons. The molecule has 3 aromatic rings. The summed E-state index contributed by atoms with van der Waals surface area (Å²) in [7, 11) is 1.79. The molecule has 1 aliphatic rings. The number of furan rings is 1. The standard InChI is InChI=1S/C21H22N4O3/c1-25(13-15-6-2-5-14-7-3-9-22-19(14)15)21(27)17-11-16(12-23-17)24-20(26)18-8-4-10-28-18/h2-10,16-17,23H,11-13H2,1H3,(H,24,26)/t16-,17+/m1/s1. The van der Waals surface area contributed by atoms with Gasteiger partial charge in [0.1, 0.15) is 0 Å². The fraction of sp³-hybridized carbons (Fsp3) is 0.286. The number of hydrogen-bond acceptors (Lipinski definition) is 5. The van der Waals surface area contributed by atoms with Crippen LogP contribution in [0.4, 0.5) is 0 Å². The van der Waals surface area contributed by atoms with Crippen molar-refractivity contribution in [3.63, 3.8) is 0 Å². The maximum Gasteiger partial charge on any atom is 0.287 e. The number of amides is 2. The van der Waals surface area contributed by atoms with E-state index >= 15 is 0 Å². The molecule has 1 saturated heterocycles. The molecule has 0 bridgehead atoms. The SMILES string of the molecule is CN(Cc1cccc2cccnc12)C(=O)[C@@H]1C[C@@H](NC(=O)c2ccco2)CN1. The van der Waals surface area contributed by atoms with Gasteiger partial charge in [0.2, 0.25) is 5.91 Å². The first-order valence-corrected chi connectivity index (χ1v) is 9.27. The number of carbonyl (C=O) groups is 2. The molecule has 1 aromatic carbocycles. The number of fused-ring (bicyclic) bond motifs is 1. The molecule has 28 heavy (non-hydrogen) atoms. The Labute approximate surface area is 162 Å². The minimum absolute atomic E-state index is 0.00248. The van der Waals surface area contributed by atoms with Gasteiger partial charge in [0.05, 0.1) is 17.8 Å². The number of nitrogens with one attached hydrogen (secondary N) is 2. The van der Waals surface area contributed by atoms with Gasteiger partial charge in [0, 0.05) is 37.8 Å². The smallest absolute Gasteiger partial charge is 0.287 e. The van der Waals surface area contributed by atoms with E-state index < -0.39 is 0 Å². The van der Waals surface area contributed by atoms with Crippen LogP contribution in [0.15, 0.2) is 59.3 Å². The average molecular weight is 378 g/mol. The Hall–Kier alpha value is -3.19. The van der Waals surface area contributed by atoms with Gasteiger partial charge in [-0.3, -0.25) is 14.6 Å². The van der Waals surface area contributed by atoms with Crippen LogP contribution in [-0.2, 0) is 11.3 Å². The fourth-order valence-electron chi connectivity index (χ4n) is 3.59. The third-order valence-corrected chi connectivity index (χ3v) is 5.01. The molecule has 0 saturated carbocycles. The lowest BCUT2D eigenvalue weighted by Crippen LogP contribution is -2.41. The minimum atomic E-state index is -0.324. The van der Waals surface area contributed by atoms with Crippen molar-refractivity contribution in [1.82, 2.24) is 20.5 Å². The van der Waals surface area contributed by atoms with E-state index in [2.05, 4.69) is 15.6 Å². The van der Waals surface area contributed by atoms with Crippen molar-refractivity contribution in [2.45, 2.75) is 25.0 Å². The van der Waals surface area contributed by atoms with Gasteiger partial charge in [0.15, 0.2) is 5.76 Å². The summed E-state index contributed by atoms with van der Waals surface area (Å²) in [4.78, 5) is 31.1. The van der Waals surface area contributed by atoms with E-state index in [0.717, 1.165) is 16.5 Å². The highest BCUT2D eigenvalue weighted by atomic mass is 16.3. The van der Waals surface area contributed by atoms with Crippen LogP contribution in [0.25, 0.3) is 10.9 Å². The van der Waals surface area contributed by atoms with Crippen LogP contribution in [-0.4, -0.2) is 47.4 Å². The molecule has 2 atom stereocenters. The van der Waals surface area contributed by atoms with Crippen molar-refractivity contribution in [3.8, 4) is 0 Å². The van der Waals surface area contributed by atoms with Crippen LogP contribution in [0.3, 0.4) is 0 Å². The van der Waals surface area contributed by atoms with Gasteiger partial charge >= 0.3 is 0 Å². The molecular formula is C21H22N4O3. The summed E-state index contributed by atoms with van der Waals surface area (Å²) >= 11 is 0. The molecule has 1 fully saturated rings. The van der Waals surface area contributed by atoms with Crippen LogP contribution in [0, 0.1) is 0 Å². The van der Waals surface area contributed by atoms with Crippen molar-refractivity contribution in [2.75, 3.05) is 13.6 Å². The summed E-state index contributed by atoms with van der Waals surface area (Å²) in [6.45, 7) is 1.03. The van der Waals surface area contributed by atoms with Gasteiger partial charge in [-0.25, -0.2) is 0 Å². The zero-order chi connectivity index (χ0) is 19.5. The highest BCUT2D eigenvalue weighted by Gasteiger charge is 2.32. The second kappa shape index (κ2) is 7.82. The van der Waals surface area contributed by atoms with E-state index in [4.69, 9.17) is 4.42 Å². The number of benzene rings is 1. The zero-order valence-electron chi connectivity index (χ0n) is 15.6. The maximum atomic E-state index is 12.9. The van der Waals surface area contributed by atoms with Crippen LogP contribution < -0.4 is 10.6 Å². The first-order chi connectivity index (χ1) is 13.6. The van der Waals surface area contributed by atoms with E-state index in [1.165, 1.54) is 6.26 Å². The lowest BCUT2D eigenvalue weighted by Gasteiger charge is -2.22. The third-order valence-electron chi connectivity index (χ3n) is 5.01. The number of para-hydroxylation sites is 1. The molecule has 2 aromatic heterocycles. The molecule has 2 N–H and O–H groups in total. The van der Waals surface area contributed by atoms with Gasteiger partial charge in [-0.15, -0.1) is 0 Å². The zero-order valence-corrected chi connectivity index (χ0v) is 15.6. The summed E-state index contributed by atoms with van der Waals surface area (Å²) in [6, 6.07) is 12.8. The minimum Gasteiger partial charge on any atom is -0.459 e. The molecule has 3 heterocycles. The van der Waals surface area contributed by atoms with Crippen molar-refractivity contribution in [2.24, 2.45) is 0 Å². The molecule has 4 rings (SSSR count). The van der Waals surface area contributed by atoms with Crippen molar-refractivity contribution in [3.05, 3.63) is 66.2 Å². The van der Waals surface area contributed by atoms with Gasteiger partial charge in [-0.2, -0.15) is 0 Å². The van der Waals surface area contributed by atoms with Crippen LogP contribution in [0.1, 0.15) is 22.5 Å². The summed E-state index contributed by atoms with van der Waals surface area (Å²) in [5.41, 5.74) is 1.92. The monoisotopic (exact) mass is 378 g/mol. The highest BCUT2D eigenvalue weighted by molar-refractivity contribution is 5.91. The van der Waals surface area contributed by atoms with E-state index in [-0.39, 0.29) is 29.7 Å². The van der Waals surface area contributed by atoms with E-state index in [1.54, 1.807) is 30.3 Å². The second-order valence-electron chi connectivity index (χ2n) is 7.03. The molecule has 0 aliphatic carbocycles. The van der Waals surface area contributed by atoms with Gasteiger partial charge < -0.3 is 20.0 Å². The number of nitrogens with zero attached hydrogens (tertiary/aromatic N) is 2. The Morgan fingerprint density at radius 1 is 1.25 bits per heavy atom. The Kier molecular flexibility index (Phi) is 5.08. The summed E-state index contributed by atoms with van der Waals surface area (Å²) in [5.74, 6) is 0.0121. The van der Waals surface area contributed by atoms with Gasteiger partial charge in [-0.05, 0) is 30.2 Å². The quantitative estimate of drug-likeness (QED) is 0.709. The Balaban J connectivity index is 1.37. The molecule has 7 nitrogen and oxygen atoms in total. The van der Waals surface area contributed by atoms with Crippen LogP contribution in [0.2, 0.25) is 0 Å². The van der Waals surface area contributed by atoms with E-state index in [0.29, 0.717) is 19.5 Å². The fourth-order valence-corrected chi connectivity index (χ4v) is 3.59. The Morgan fingerprint density at radius 2 is 2.11 bits per heavy atom. The predicted octanol–water partition coefficient (Wildman–Crippen LogP) is 1.95.